The highest BCUT2D eigenvalue weighted by Crippen LogP contribution is 2.61. The van der Waals surface area contributed by atoms with E-state index >= 15 is 0 Å². The number of carbonyl (C=O) groups excluding carboxylic acids is 3. The number of hydrogen-bond donors (Lipinski definition) is 5. The fourth-order valence-corrected chi connectivity index (χ4v) is 13.4. The predicted octanol–water partition coefficient (Wildman–Crippen LogP) is 4.76. The van der Waals surface area contributed by atoms with Gasteiger partial charge in [-0.15, -0.1) is 0 Å². The second-order valence-corrected chi connectivity index (χ2v) is 21.0. The second-order valence-electron chi connectivity index (χ2n) is 21.0. The van der Waals surface area contributed by atoms with Gasteiger partial charge in [0, 0.05) is 63.5 Å². The molecule has 1 heterocycles. The van der Waals surface area contributed by atoms with Crippen LogP contribution < -0.4 is 16.0 Å². The van der Waals surface area contributed by atoms with Crippen molar-refractivity contribution in [3.63, 3.8) is 0 Å². The lowest BCUT2D eigenvalue weighted by Gasteiger charge is -2.62. The molecule has 0 aromatic heterocycles. The third-order valence-corrected chi connectivity index (χ3v) is 16.5. The average Bonchev–Trinajstić information content (AvgIpc) is 3.56. The molecule has 12 heteroatoms. The van der Waals surface area contributed by atoms with Crippen LogP contribution in [0.4, 0.5) is 0 Å². The Labute approximate surface area is 350 Å². The highest BCUT2D eigenvalue weighted by molar-refractivity contribution is 5.83. The van der Waals surface area contributed by atoms with Gasteiger partial charge in [0.15, 0.2) is 0 Å². The van der Waals surface area contributed by atoms with Gasteiger partial charge in [-0.25, -0.2) is 0 Å². The number of nitrogens with one attached hydrogen (secondary N) is 3. The number of ether oxygens (including phenoxy) is 1. The van der Waals surface area contributed by atoms with Crippen LogP contribution in [0.1, 0.15) is 125 Å². The number of carbonyl (C=O) groups is 3. The van der Waals surface area contributed by atoms with Crippen molar-refractivity contribution in [1.82, 2.24) is 25.9 Å². The smallest absolute Gasteiger partial charge is 0.240 e. The first-order valence-corrected chi connectivity index (χ1v) is 23.4. The molecule has 6 aliphatic carbocycles. The van der Waals surface area contributed by atoms with Crippen molar-refractivity contribution in [3.05, 3.63) is 0 Å². The number of hydrogen-bond acceptors (Lipinski definition) is 9. The molecular formula is C46H81N5O7. The van der Waals surface area contributed by atoms with E-state index < -0.39 is 24.2 Å². The van der Waals surface area contributed by atoms with Crippen LogP contribution in [0.15, 0.2) is 0 Å². The highest BCUT2D eigenvalue weighted by atomic mass is 16.7. The van der Waals surface area contributed by atoms with Crippen LogP contribution in [0.25, 0.3) is 0 Å². The van der Waals surface area contributed by atoms with Gasteiger partial charge in [-0.05, 0) is 119 Å². The molecular weight excluding hydrogens is 735 g/mol. The summed E-state index contributed by atoms with van der Waals surface area (Å²) in [5, 5.41) is 33.3. The first-order valence-electron chi connectivity index (χ1n) is 23.4. The van der Waals surface area contributed by atoms with E-state index in [1.807, 2.05) is 0 Å². The number of likely N-dealkylation sites (N-methyl/N-ethyl adjacent to an activating group) is 1. The van der Waals surface area contributed by atoms with Gasteiger partial charge in [0.05, 0.1) is 18.8 Å². The Morgan fingerprint density at radius 1 is 0.966 bits per heavy atom. The summed E-state index contributed by atoms with van der Waals surface area (Å²) in [4.78, 5) is 49.4. The van der Waals surface area contributed by atoms with Gasteiger partial charge in [0.2, 0.25) is 17.7 Å². The Balaban J connectivity index is 1.17. The van der Waals surface area contributed by atoms with Crippen LogP contribution >= 0.6 is 0 Å². The van der Waals surface area contributed by atoms with Crippen molar-refractivity contribution in [3.8, 4) is 0 Å². The number of aliphatic hydroxyl groups excluding tert-OH is 2. The monoisotopic (exact) mass is 816 g/mol. The van der Waals surface area contributed by atoms with Gasteiger partial charge in [0.25, 0.3) is 0 Å². The van der Waals surface area contributed by atoms with Crippen LogP contribution in [-0.2, 0) is 24.0 Å². The molecule has 2 bridgehead atoms. The quantitative estimate of drug-likeness (QED) is 0.149. The Morgan fingerprint density at radius 2 is 1.71 bits per heavy atom. The number of methoxy groups -OCH3 is 1. The molecule has 0 aromatic carbocycles. The van der Waals surface area contributed by atoms with E-state index in [0.29, 0.717) is 42.2 Å². The number of amides is 3. The van der Waals surface area contributed by atoms with Gasteiger partial charge >= 0.3 is 0 Å². The molecule has 6 unspecified atom stereocenters. The highest BCUT2D eigenvalue weighted by Gasteiger charge is 2.58. The molecule has 3 amide bonds. The number of fused-ring (bicyclic) bond motifs is 2. The fourth-order valence-electron chi connectivity index (χ4n) is 13.4. The summed E-state index contributed by atoms with van der Waals surface area (Å²) in [6.45, 7) is 11.8. The van der Waals surface area contributed by atoms with E-state index in [1.54, 1.807) is 26.0 Å². The zero-order valence-corrected chi connectivity index (χ0v) is 37.3. The van der Waals surface area contributed by atoms with Crippen molar-refractivity contribution < 1.29 is 34.2 Å². The summed E-state index contributed by atoms with van der Waals surface area (Å²) < 4.78 is 6.44. The van der Waals surface area contributed by atoms with Crippen molar-refractivity contribution in [1.29, 1.82) is 0 Å². The first-order chi connectivity index (χ1) is 27.6. The standard InChI is InChI=1S/C46H81N5O7/c1-27-38-21-35(46(38,4)5)22-39(27)49-45(56)42-41(28(2)53)40(26-52)58-51(42)24-32-15-12-16-37(43(32)57-8)33-17-31(23-47-29(3)54)18-34(20-33)44(55)48-36(25-50(6)7)19-30-13-10-9-11-14-30/h27-28,30-43,52-53H,9-26H2,1-8H3,(H,47,54)(H,48,55)(H,49,56)/t27-,28-,31?,32?,33?,34?,35+,36-,37?,38-,39-,40-,41-,42-,43?/m0/s1. The molecule has 7 rings (SSSR count). The third-order valence-electron chi connectivity index (χ3n) is 16.5. The normalized spacial score (nSPS) is 39.1. The van der Waals surface area contributed by atoms with Crippen LogP contribution in [0, 0.1) is 64.6 Å². The Kier molecular flexibility index (Phi) is 15.7. The zero-order valence-electron chi connectivity index (χ0n) is 37.3. The molecule has 332 valence electrons. The lowest BCUT2D eigenvalue weighted by molar-refractivity contribution is -0.193. The van der Waals surface area contributed by atoms with E-state index in [1.165, 1.54) is 38.5 Å². The Morgan fingerprint density at radius 3 is 2.33 bits per heavy atom. The molecule has 15 atom stereocenters. The second kappa shape index (κ2) is 19.9. The lowest BCUT2D eigenvalue weighted by atomic mass is 9.45. The topological polar surface area (TPSA) is 153 Å². The maximum Gasteiger partial charge on any atom is 0.240 e. The maximum absolute atomic E-state index is 14.4. The molecule has 7 fully saturated rings. The minimum atomic E-state index is -0.850. The number of rotatable bonds is 16. The predicted molar refractivity (Wildman–Crippen MR) is 225 cm³/mol. The number of hydroxylamine groups is 2. The Hall–Kier alpha value is -1.83. The summed E-state index contributed by atoms with van der Waals surface area (Å²) in [7, 11) is 5.96. The summed E-state index contributed by atoms with van der Waals surface area (Å²) in [5.41, 5.74) is 0.301. The maximum atomic E-state index is 14.4. The van der Waals surface area contributed by atoms with Crippen LogP contribution in [-0.4, -0.2) is 122 Å². The van der Waals surface area contributed by atoms with Gasteiger partial charge in [0.1, 0.15) is 12.1 Å². The van der Waals surface area contributed by atoms with Crippen molar-refractivity contribution in [2.45, 2.75) is 161 Å². The van der Waals surface area contributed by atoms with Crippen LogP contribution in [0.5, 0.6) is 0 Å². The average molecular weight is 816 g/mol. The number of aliphatic hydroxyl groups is 2. The summed E-state index contributed by atoms with van der Waals surface area (Å²) in [6.07, 6.45) is 13.3. The third kappa shape index (κ3) is 10.4. The van der Waals surface area contributed by atoms with E-state index in [2.05, 4.69) is 55.7 Å². The minimum Gasteiger partial charge on any atom is -0.394 e. The summed E-state index contributed by atoms with van der Waals surface area (Å²) in [6, 6.07) is -0.544. The molecule has 0 aromatic rings. The molecule has 58 heavy (non-hydrogen) atoms. The molecule has 12 nitrogen and oxygen atoms in total. The van der Waals surface area contributed by atoms with Crippen molar-refractivity contribution in [2.24, 2.45) is 64.6 Å². The molecule has 7 aliphatic rings. The summed E-state index contributed by atoms with van der Waals surface area (Å²) >= 11 is 0. The molecule has 1 saturated heterocycles. The zero-order chi connectivity index (χ0) is 41.9. The van der Waals surface area contributed by atoms with Gasteiger partial charge in [-0.1, -0.05) is 59.3 Å². The largest absolute Gasteiger partial charge is 0.394 e. The number of nitrogens with zero attached hydrogens (tertiary/aromatic N) is 2. The molecule has 0 spiro atoms. The van der Waals surface area contributed by atoms with E-state index in [9.17, 15) is 24.6 Å². The molecule has 5 N–H and O–H groups in total. The van der Waals surface area contributed by atoms with Crippen LogP contribution in [0.3, 0.4) is 0 Å². The Bertz CT molecular complexity index is 1370. The van der Waals surface area contributed by atoms with Gasteiger partial charge in [-0.2, -0.15) is 5.06 Å². The van der Waals surface area contributed by atoms with Crippen LogP contribution in [0.2, 0.25) is 0 Å². The summed E-state index contributed by atoms with van der Waals surface area (Å²) in [5.74, 6) is 2.14. The van der Waals surface area contributed by atoms with E-state index in [-0.39, 0.29) is 72.1 Å². The SMILES string of the molecule is COC1C(CN2O[C@@H](CO)[C@H]([C@H](C)O)[C@H]2C(=O)N[C@H]2C[C@H]3C[C@@H]([C@@H]2C)C3(C)C)CCCC1C1CC(CNC(C)=O)CC(C(=O)N[C@@H](CC2CCCCC2)CN(C)C)C1. The molecule has 1 aliphatic heterocycles. The van der Waals surface area contributed by atoms with Crippen molar-refractivity contribution in [2.75, 3.05) is 47.4 Å². The van der Waals surface area contributed by atoms with E-state index in [0.717, 1.165) is 57.9 Å². The molecule has 0 radical (unpaired) electrons. The first kappa shape index (κ1) is 45.7. The van der Waals surface area contributed by atoms with E-state index in [4.69, 9.17) is 9.57 Å². The molecule has 6 saturated carbocycles. The fraction of sp³-hybridized carbons (Fsp3) is 0.935. The minimum absolute atomic E-state index is 0.0476. The van der Waals surface area contributed by atoms with Crippen molar-refractivity contribution >= 4 is 17.7 Å². The van der Waals surface area contributed by atoms with Gasteiger partial charge in [-0.3, -0.25) is 19.2 Å². The van der Waals surface area contributed by atoms with Gasteiger partial charge < -0.3 is 35.8 Å². The lowest BCUT2D eigenvalue weighted by Crippen LogP contribution is -2.62.